The first-order chi connectivity index (χ1) is 10.2. The summed E-state index contributed by atoms with van der Waals surface area (Å²) in [5.74, 6) is 0.517. The van der Waals surface area contributed by atoms with Crippen LogP contribution in [0.5, 0.6) is 0 Å². The first-order valence-electron chi connectivity index (χ1n) is 7.20. The monoisotopic (exact) mass is 283 g/mol. The van der Waals surface area contributed by atoms with Gasteiger partial charge in [-0.25, -0.2) is 4.39 Å². The van der Waals surface area contributed by atoms with Gasteiger partial charge < -0.3 is 9.73 Å². The van der Waals surface area contributed by atoms with Gasteiger partial charge in [-0.05, 0) is 43.3 Å². The zero-order valence-corrected chi connectivity index (χ0v) is 12.2. The van der Waals surface area contributed by atoms with Crippen LogP contribution in [0.4, 0.5) is 4.39 Å². The van der Waals surface area contributed by atoms with Crippen molar-refractivity contribution in [3.8, 4) is 11.3 Å². The Kier molecular flexibility index (Phi) is 3.76. The van der Waals surface area contributed by atoms with E-state index in [0.29, 0.717) is 11.6 Å². The van der Waals surface area contributed by atoms with Crippen LogP contribution in [0.1, 0.15) is 25.5 Å². The first kappa shape index (κ1) is 13.8. The predicted octanol–water partition coefficient (Wildman–Crippen LogP) is 4.91. The summed E-state index contributed by atoms with van der Waals surface area (Å²) in [6.07, 6.45) is 0. The molecule has 0 radical (unpaired) electrons. The number of halogens is 1. The van der Waals surface area contributed by atoms with Crippen molar-refractivity contribution >= 4 is 11.0 Å². The molecule has 3 rings (SSSR count). The van der Waals surface area contributed by atoms with E-state index in [2.05, 4.69) is 31.3 Å². The number of benzene rings is 2. The lowest BCUT2D eigenvalue weighted by atomic mass is 10.0. The van der Waals surface area contributed by atoms with Crippen molar-refractivity contribution in [3.05, 3.63) is 59.9 Å². The lowest BCUT2D eigenvalue weighted by Gasteiger charge is -2.12. The van der Waals surface area contributed by atoms with Gasteiger partial charge in [0.2, 0.25) is 0 Å². The molecule has 0 aliphatic rings. The maximum absolute atomic E-state index is 13.2. The quantitative estimate of drug-likeness (QED) is 0.736. The highest BCUT2D eigenvalue weighted by molar-refractivity contribution is 5.82. The van der Waals surface area contributed by atoms with E-state index in [9.17, 15) is 4.39 Å². The lowest BCUT2D eigenvalue weighted by molar-refractivity contribution is 0.598. The molecule has 1 unspecified atom stereocenters. The Hall–Kier alpha value is -2.13. The van der Waals surface area contributed by atoms with Gasteiger partial charge in [-0.15, -0.1) is 0 Å². The molecule has 0 aliphatic heterocycles. The van der Waals surface area contributed by atoms with Gasteiger partial charge >= 0.3 is 0 Å². The van der Waals surface area contributed by atoms with Crippen molar-refractivity contribution in [3.63, 3.8) is 0 Å². The second-order valence-corrected chi connectivity index (χ2v) is 5.19. The third kappa shape index (κ3) is 2.83. The second kappa shape index (κ2) is 5.70. The maximum atomic E-state index is 13.2. The molecule has 1 heterocycles. The van der Waals surface area contributed by atoms with Crippen molar-refractivity contribution in [1.82, 2.24) is 5.32 Å². The van der Waals surface area contributed by atoms with Crippen molar-refractivity contribution in [2.24, 2.45) is 0 Å². The minimum Gasteiger partial charge on any atom is -0.456 e. The van der Waals surface area contributed by atoms with Crippen LogP contribution in [0.15, 0.2) is 52.9 Å². The molecular weight excluding hydrogens is 265 g/mol. The van der Waals surface area contributed by atoms with Crippen LogP contribution in [0.2, 0.25) is 0 Å². The maximum Gasteiger partial charge on any atom is 0.135 e. The fourth-order valence-corrected chi connectivity index (χ4v) is 2.52. The molecule has 1 aromatic heterocycles. The fourth-order valence-electron chi connectivity index (χ4n) is 2.52. The molecule has 0 saturated carbocycles. The average Bonchev–Trinajstić information content (AvgIpc) is 2.90. The van der Waals surface area contributed by atoms with Crippen LogP contribution in [0, 0.1) is 5.82 Å². The number of nitrogens with one attached hydrogen (secondary N) is 1. The fraction of sp³-hybridized carbons (Fsp3) is 0.222. The van der Waals surface area contributed by atoms with E-state index in [0.717, 1.165) is 23.3 Å². The highest BCUT2D eigenvalue weighted by Crippen LogP contribution is 2.29. The van der Waals surface area contributed by atoms with E-state index in [4.69, 9.17) is 4.42 Å². The summed E-state index contributed by atoms with van der Waals surface area (Å²) in [5, 5.41) is 4.17. The van der Waals surface area contributed by atoms with Gasteiger partial charge in [-0.1, -0.05) is 31.2 Å². The number of fused-ring (bicyclic) bond motifs is 1. The Bertz CT molecular complexity index is 746. The summed E-state index contributed by atoms with van der Waals surface area (Å²) in [6, 6.07) is 15.0. The van der Waals surface area contributed by atoms with Crippen LogP contribution in [0.25, 0.3) is 22.3 Å². The molecule has 2 nitrogen and oxygen atoms in total. The van der Waals surface area contributed by atoms with Gasteiger partial charge in [0.05, 0.1) is 0 Å². The van der Waals surface area contributed by atoms with Gasteiger partial charge in [0.1, 0.15) is 17.2 Å². The summed E-state index contributed by atoms with van der Waals surface area (Å²) in [6.45, 7) is 5.18. The molecule has 3 aromatic rings. The molecule has 0 amide bonds. The molecule has 0 aliphatic carbocycles. The molecule has 108 valence electrons. The van der Waals surface area contributed by atoms with Gasteiger partial charge in [-0.3, -0.25) is 0 Å². The average molecular weight is 283 g/mol. The Morgan fingerprint density at radius 3 is 2.57 bits per heavy atom. The largest absolute Gasteiger partial charge is 0.456 e. The zero-order chi connectivity index (χ0) is 14.8. The van der Waals surface area contributed by atoms with Crippen molar-refractivity contribution in [1.29, 1.82) is 0 Å². The summed E-state index contributed by atoms with van der Waals surface area (Å²) in [5.41, 5.74) is 2.94. The lowest BCUT2D eigenvalue weighted by Crippen LogP contribution is -2.17. The second-order valence-electron chi connectivity index (χ2n) is 5.19. The molecule has 0 bridgehead atoms. The molecule has 3 heteroatoms. The number of hydrogen-bond acceptors (Lipinski definition) is 2. The van der Waals surface area contributed by atoms with Crippen LogP contribution < -0.4 is 5.32 Å². The molecule has 1 atom stereocenters. The summed E-state index contributed by atoms with van der Waals surface area (Å²) in [7, 11) is 0. The summed E-state index contributed by atoms with van der Waals surface area (Å²) < 4.78 is 19.0. The van der Waals surface area contributed by atoms with Crippen LogP contribution in [-0.2, 0) is 0 Å². The third-order valence-corrected chi connectivity index (χ3v) is 3.68. The van der Waals surface area contributed by atoms with Crippen LogP contribution in [0.3, 0.4) is 0 Å². The molecule has 0 fully saturated rings. The summed E-state index contributed by atoms with van der Waals surface area (Å²) in [4.78, 5) is 0. The zero-order valence-electron chi connectivity index (χ0n) is 12.2. The highest BCUT2D eigenvalue weighted by Gasteiger charge is 2.08. The number of furan rings is 1. The molecule has 0 saturated heterocycles. The van der Waals surface area contributed by atoms with Gasteiger partial charge in [0.25, 0.3) is 0 Å². The van der Waals surface area contributed by atoms with E-state index in [1.54, 1.807) is 6.07 Å². The Labute approximate surface area is 123 Å². The molecule has 2 aromatic carbocycles. The standard InChI is InChI=1S/C18H18FNO/c1-3-20-12(2)13-4-6-14(7-5-13)18-11-15-10-16(19)8-9-17(15)21-18/h4-12,20H,3H2,1-2H3. The van der Waals surface area contributed by atoms with Gasteiger partial charge in [0, 0.05) is 17.0 Å². The topological polar surface area (TPSA) is 25.2 Å². The Morgan fingerprint density at radius 2 is 1.86 bits per heavy atom. The minimum atomic E-state index is -0.246. The van der Waals surface area contributed by atoms with Crippen molar-refractivity contribution in [2.75, 3.05) is 6.54 Å². The van der Waals surface area contributed by atoms with Crippen molar-refractivity contribution in [2.45, 2.75) is 19.9 Å². The highest BCUT2D eigenvalue weighted by atomic mass is 19.1. The Morgan fingerprint density at radius 1 is 1.10 bits per heavy atom. The van der Waals surface area contributed by atoms with Crippen LogP contribution >= 0.6 is 0 Å². The van der Waals surface area contributed by atoms with Crippen LogP contribution in [-0.4, -0.2) is 6.54 Å². The smallest absolute Gasteiger partial charge is 0.135 e. The number of rotatable bonds is 4. The van der Waals surface area contributed by atoms with E-state index < -0.39 is 0 Å². The van der Waals surface area contributed by atoms with Gasteiger partial charge in [0.15, 0.2) is 0 Å². The van der Waals surface area contributed by atoms with E-state index in [1.807, 2.05) is 18.2 Å². The van der Waals surface area contributed by atoms with Crippen molar-refractivity contribution < 1.29 is 8.81 Å². The minimum absolute atomic E-state index is 0.246. The SMILES string of the molecule is CCNC(C)c1ccc(-c2cc3cc(F)ccc3o2)cc1. The first-order valence-corrected chi connectivity index (χ1v) is 7.20. The van der Waals surface area contributed by atoms with E-state index in [1.165, 1.54) is 17.7 Å². The third-order valence-electron chi connectivity index (χ3n) is 3.68. The van der Waals surface area contributed by atoms with E-state index in [-0.39, 0.29) is 5.82 Å². The van der Waals surface area contributed by atoms with E-state index >= 15 is 0 Å². The van der Waals surface area contributed by atoms with Gasteiger partial charge in [-0.2, -0.15) is 0 Å². The normalized spacial score (nSPS) is 12.7. The molecule has 1 N–H and O–H groups in total. The summed E-state index contributed by atoms with van der Waals surface area (Å²) >= 11 is 0. The number of hydrogen-bond donors (Lipinski definition) is 1. The Balaban J connectivity index is 1.91. The molecular formula is C18H18FNO. The molecule has 0 spiro atoms. The molecule has 21 heavy (non-hydrogen) atoms. The predicted molar refractivity (Wildman–Crippen MR) is 83.7 cm³/mol.